The van der Waals surface area contributed by atoms with Crippen LogP contribution in [0.4, 0.5) is 0 Å². The van der Waals surface area contributed by atoms with E-state index in [4.69, 9.17) is 59.0 Å². The molecule has 7 aliphatic heterocycles. The summed E-state index contributed by atoms with van der Waals surface area (Å²) in [5, 5.41) is 82.6. The van der Waals surface area contributed by atoms with Crippen molar-refractivity contribution in [1.82, 2.24) is 0 Å². The molecule has 0 aromatic carbocycles. The normalized spacial score (nSPS) is 43.8. The van der Waals surface area contributed by atoms with Crippen LogP contribution in [-0.2, 0) is 66.5 Å². The van der Waals surface area contributed by atoms with Gasteiger partial charge in [-0.2, -0.15) is 0 Å². The van der Waals surface area contributed by atoms with Gasteiger partial charge < -0.3 is 83.1 Å². The van der Waals surface area contributed by atoms with E-state index in [0.717, 1.165) is 0 Å². The number of esters is 3. The predicted molar refractivity (Wildman–Crippen MR) is 317 cm³/mol. The number of aliphatic hydroxyl groups excluding tert-OH is 5. The van der Waals surface area contributed by atoms with E-state index in [9.17, 15) is 54.9 Å². The van der Waals surface area contributed by atoms with Gasteiger partial charge in [0, 0.05) is 108 Å². The molecule has 0 aromatic rings. The number of hydrogen-bond acceptors (Lipinski definition) is 21. The van der Waals surface area contributed by atoms with E-state index in [1.807, 2.05) is 12.2 Å². The lowest BCUT2D eigenvalue weighted by Crippen LogP contribution is -2.65. The van der Waals surface area contributed by atoms with Crippen molar-refractivity contribution in [2.24, 2.45) is 23.7 Å². The second-order valence-electron chi connectivity index (χ2n) is 26.6. The molecule has 22 heteroatoms. The Morgan fingerprint density at radius 3 is 2.17 bits per heavy atom. The van der Waals surface area contributed by atoms with Crippen LogP contribution in [0.25, 0.3) is 0 Å². The number of hydrogen-bond donors (Lipinski definition) is 7. The molecule has 87 heavy (non-hydrogen) atoms. The van der Waals surface area contributed by atoms with E-state index in [0.29, 0.717) is 62.5 Å². The zero-order valence-electron chi connectivity index (χ0n) is 52.1. The molecule has 0 aromatic heterocycles. The molecule has 492 valence electrons. The summed E-state index contributed by atoms with van der Waals surface area (Å²) in [5.41, 5.74) is -0.293. The van der Waals surface area contributed by atoms with Crippen LogP contribution in [0.15, 0.2) is 60.2 Å². The number of methoxy groups -OCH3 is 1. The van der Waals surface area contributed by atoms with Gasteiger partial charge in [-0.1, -0.05) is 88.4 Å². The number of ketones is 1. The molecule has 7 heterocycles. The molecule has 6 saturated heterocycles. The highest BCUT2D eigenvalue weighted by Crippen LogP contribution is 2.48. The van der Waals surface area contributed by atoms with Crippen LogP contribution in [0.1, 0.15) is 170 Å². The largest absolute Gasteiger partial charge is 0.462 e. The highest BCUT2D eigenvalue weighted by atomic mass is 35.5. The van der Waals surface area contributed by atoms with Gasteiger partial charge >= 0.3 is 17.9 Å². The number of halogens is 1. The monoisotopic (exact) mass is 1250 g/mol. The molecule has 7 rings (SSSR count). The van der Waals surface area contributed by atoms with Gasteiger partial charge in [-0.05, 0) is 64.4 Å². The van der Waals surface area contributed by atoms with Crippen LogP contribution in [0.2, 0.25) is 0 Å². The number of ether oxygens (including phenoxy) is 10. The zero-order chi connectivity index (χ0) is 63.9. The molecule has 2 spiro atoms. The fourth-order valence-corrected chi connectivity index (χ4v) is 14.5. The highest BCUT2D eigenvalue weighted by Gasteiger charge is 2.58. The SMILES string of the molecule is C=C(Cl)/C=C/C(O)CCCC(=C)C[C@H]1O[C@@H]2[C@H](C)[C@@H](OC(=O)C[C@H]3C[C@H](OC(C)=O)C[C@@]4(C[C@@](C)(O)C[C@H](CC(=C)[C@@H](C)[C@H](OC(C)=O)[C@H](C)C(=O)C[C@@H]5C[C@H](OC)CC6(C[C@@H](O)C[C@@H](/C=C\CCC[C@H]7O[C@](O)(C[C@H](O)[C@H]7C)[C@H]2O)O6)O5)O4)O3)[C@@H]1O. The number of allylic oxidation sites excluding steroid dienone is 3. The molecule has 21 nitrogen and oxygen atoms in total. The second-order valence-corrected chi connectivity index (χ2v) is 27.1. The third-order valence-electron chi connectivity index (χ3n) is 18.8. The first-order valence-corrected chi connectivity index (χ1v) is 31.7. The Bertz CT molecular complexity index is 2470. The Balaban J connectivity index is 1.21. The van der Waals surface area contributed by atoms with Crippen LogP contribution >= 0.6 is 11.6 Å². The number of rotatable bonds is 11. The molecular weight excluding hydrogens is 1150 g/mol. The minimum atomic E-state index is -2.38. The number of Topliss-reactive ketones (excluding diaryl/α,β-unsaturated/α-hetero) is 1. The van der Waals surface area contributed by atoms with Gasteiger partial charge in [0.15, 0.2) is 17.4 Å². The smallest absolute Gasteiger partial charge is 0.308 e. The minimum Gasteiger partial charge on any atom is -0.462 e. The fraction of sp³-hybridized carbons (Fsp3) is 0.785. The van der Waals surface area contributed by atoms with Crippen molar-refractivity contribution < 1.29 is 102 Å². The number of carbonyl (C=O) groups excluding carboxylic acids is 4. The van der Waals surface area contributed by atoms with Crippen molar-refractivity contribution in [3.63, 3.8) is 0 Å². The summed E-state index contributed by atoms with van der Waals surface area (Å²) in [7, 11) is 1.57. The number of aliphatic hydroxyl groups is 7. The topological polar surface area (TPSA) is 302 Å². The minimum absolute atomic E-state index is 0.0151. The van der Waals surface area contributed by atoms with Crippen molar-refractivity contribution in [1.29, 1.82) is 0 Å². The first-order chi connectivity index (χ1) is 40.8. The molecule has 0 saturated carbocycles. The summed E-state index contributed by atoms with van der Waals surface area (Å²) >= 11 is 5.84. The van der Waals surface area contributed by atoms with Crippen molar-refractivity contribution in [2.75, 3.05) is 7.11 Å². The molecule has 7 N–H and O–H groups in total. The standard InChI is InChI=1S/C65H99ClO21/c1-35(16-15-17-44(69)21-20-37(3)66)22-55-57(74)59-41(7)60(81-55)61(75)65(77)33-53(72)39(5)54(87-65)19-14-12-13-18-46-24-45(70)29-63(83-46)31-49(78-11)25-47(84-63)27-52(71)40(6)58(80-43(9)68)38(4)36(2)23-51-30-62(10,76)34-64(86-51)32-50(79-42(8)67)26-48(85-64)28-56(73)82-59/h13,18,20-21,38-41,44-51,53-55,57-61,69-70,72,74-77H,1-3,12,14-17,19,22-34H2,4-11H3/b18-13-,21-20+/t38-,39-,40-,41-,44?,45+,46-,47+,48-,49+,50+,51+,53+,54-,55-,57-,58+,59-,60-,61+,62+,63?,64-,65-/m1/s1. The number of carbonyl (C=O) groups is 4. The molecule has 6 fully saturated rings. The van der Waals surface area contributed by atoms with Crippen LogP contribution in [-0.4, -0.2) is 187 Å². The van der Waals surface area contributed by atoms with Crippen LogP contribution in [0, 0.1) is 23.7 Å². The number of fused-ring (bicyclic) bond motifs is 8. The summed E-state index contributed by atoms with van der Waals surface area (Å²) in [6, 6.07) is 0. The lowest BCUT2D eigenvalue weighted by Gasteiger charge is -2.52. The fourth-order valence-electron chi connectivity index (χ4n) is 14.4. The van der Waals surface area contributed by atoms with Gasteiger partial charge in [0.2, 0.25) is 0 Å². The van der Waals surface area contributed by atoms with Gasteiger partial charge in [-0.3, -0.25) is 19.2 Å². The third kappa shape index (κ3) is 19.1. The Kier molecular flexibility index (Phi) is 24.7. The molecule has 2 unspecified atom stereocenters. The predicted octanol–water partition coefficient (Wildman–Crippen LogP) is 6.69. The Labute approximate surface area is 517 Å². The summed E-state index contributed by atoms with van der Waals surface area (Å²) in [4.78, 5) is 54.4. The third-order valence-corrected chi connectivity index (χ3v) is 19.0. The molecule has 10 bridgehead atoms. The van der Waals surface area contributed by atoms with Crippen LogP contribution in [0.3, 0.4) is 0 Å². The first kappa shape index (κ1) is 71.0. The van der Waals surface area contributed by atoms with Crippen molar-refractivity contribution >= 4 is 35.3 Å². The Hall–Kier alpha value is -3.49. The summed E-state index contributed by atoms with van der Waals surface area (Å²) < 4.78 is 63.6. The molecule has 24 atom stereocenters. The van der Waals surface area contributed by atoms with E-state index in [2.05, 4.69) is 19.7 Å². The van der Waals surface area contributed by atoms with Gasteiger partial charge in [0.05, 0.1) is 85.1 Å². The maximum atomic E-state index is 14.5. The lowest BCUT2D eigenvalue weighted by molar-refractivity contribution is -0.351. The van der Waals surface area contributed by atoms with Crippen molar-refractivity contribution in [3.8, 4) is 0 Å². The average Bonchev–Trinajstić information content (AvgIpc) is 1.03. The summed E-state index contributed by atoms with van der Waals surface area (Å²) in [6.45, 7) is 23.2. The summed E-state index contributed by atoms with van der Waals surface area (Å²) in [5.74, 6) is -10.6. The Morgan fingerprint density at radius 2 is 1.48 bits per heavy atom. The van der Waals surface area contributed by atoms with Crippen LogP contribution < -0.4 is 0 Å². The quantitative estimate of drug-likeness (QED) is 0.0490. The molecular formula is C65H99ClO21. The van der Waals surface area contributed by atoms with E-state index in [1.54, 1.807) is 41.7 Å². The lowest BCUT2D eigenvalue weighted by atomic mass is 9.78. The Morgan fingerprint density at radius 1 is 0.816 bits per heavy atom. The van der Waals surface area contributed by atoms with E-state index in [1.165, 1.54) is 26.0 Å². The molecule has 0 radical (unpaired) electrons. The second kappa shape index (κ2) is 30.3. The summed E-state index contributed by atoms with van der Waals surface area (Å²) in [6.07, 6.45) is -6.48. The molecule has 0 aliphatic carbocycles. The van der Waals surface area contributed by atoms with Gasteiger partial charge in [-0.15, -0.1) is 0 Å². The van der Waals surface area contributed by atoms with E-state index < -0.39 is 169 Å². The maximum Gasteiger partial charge on any atom is 0.308 e. The zero-order valence-corrected chi connectivity index (χ0v) is 52.9. The highest BCUT2D eigenvalue weighted by molar-refractivity contribution is 6.30. The van der Waals surface area contributed by atoms with E-state index >= 15 is 0 Å². The molecule has 7 aliphatic rings. The maximum absolute atomic E-state index is 14.5. The van der Waals surface area contributed by atoms with Crippen molar-refractivity contribution in [3.05, 3.63) is 60.2 Å². The van der Waals surface area contributed by atoms with E-state index in [-0.39, 0.29) is 74.7 Å². The van der Waals surface area contributed by atoms with Crippen LogP contribution in [0.5, 0.6) is 0 Å². The average molecular weight is 1250 g/mol. The van der Waals surface area contributed by atoms with Gasteiger partial charge in [0.25, 0.3) is 0 Å². The first-order valence-electron chi connectivity index (χ1n) is 31.3. The molecule has 0 amide bonds. The van der Waals surface area contributed by atoms with Gasteiger partial charge in [0.1, 0.15) is 36.3 Å². The van der Waals surface area contributed by atoms with Gasteiger partial charge in [-0.25, -0.2) is 0 Å². The van der Waals surface area contributed by atoms with Crippen molar-refractivity contribution in [2.45, 2.75) is 291 Å².